The van der Waals surface area contributed by atoms with Crippen molar-refractivity contribution in [3.05, 3.63) is 17.5 Å². The number of halogens is 1. The van der Waals surface area contributed by atoms with Gasteiger partial charge in [-0.2, -0.15) is 0 Å². The second-order valence-electron chi connectivity index (χ2n) is 8.28. The normalized spacial score (nSPS) is 14.7. The van der Waals surface area contributed by atoms with E-state index in [1.165, 1.54) is 0 Å². The standard InChI is InChI=1S/C18H26ClN3O4/c1-17(2,3)25-15(23)22(16(24)26-18(4,5)6)14-20-10-12(9-19)13(21-14)11-7-8-11/h10-11H,7-9H2,1-6H3. The number of rotatable bonds is 3. The number of alkyl halides is 1. The van der Waals surface area contributed by atoms with E-state index in [9.17, 15) is 9.59 Å². The lowest BCUT2D eigenvalue weighted by atomic mass is 10.2. The highest BCUT2D eigenvalue weighted by Crippen LogP contribution is 2.41. The Kier molecular flexibility index (Phi) is 5.80. The molecule has 2 amide bonds. The number of carbonyl (C=O) groups is 2. The summed E-state index contributed by atoms with van der Waals surface area (Å²) in [5.74, 6) is 0.485. The minimum absolute atomic E-state index is 0.0655. The summed E-state index contributed by atoms with van der Waals surface area (Å²) in [5.41, 5.74) is -0.00665. The van der Waals surface area contributed by atoms with E-state index in [1.807, 2.05) is 0 Å². The number of aromatic nitrogens is 2. The highest BCUT2D eigenvalue weighted by atomic mass is 35.5. The minimum atomic E-state index is -0.882. The average Bonchev–Trinajstić information content (AvgIpc) is 3.27. The predicted molar refractivity (Wildman–Crippen MR) is 98.5 cm³/mol. The first-order valence-corrected chi connectivity index (χ1v) is 9.12. The van der Waals surface area contributed by atoms with Crippen molar-refractivity contribution in [2.45, 2.75) is 77.4 Å². The maximum Gasteiger partial charge on any atom is 0.427 e. The van der Waals surface area contributed by atoms with Crippen LogP contribution in [0.4, 0.5) is 15.5 Å². The van der Waals surface area contributed by atoms with E-state index >= 15 is 0 Å². The van der Waals surface area contributed by atoms with Gasteiger partial charge in [-0.3, -0.25) is 0 Å². The molecule has 0 spiro atoms. The van der Waals surface area contributed by atoms with Crippen molar-refractivity contribution < 1.29 is 19.1 Å². The molecule has 0 atom stereocenters. The molecule has 0 saturated heterocycles. The molecule has 0 bridgehead atoms. The van der Waals surface area contributed by atoms with E-state index in [4.69, 9.17) is 21.1 Å². The monoisotopic (exact) mass is 383 g/mol. The fourth-order valence-corrected chi connectivity index (χ4v) is 2.39. The van der Waals surface area contributed by atoms with Gasteiger partial charge in [0.25, 0.3) is 0 Å². The molecular weight excluding hydrogens is 358 g/mol. The smallest absolute Gasteiger partial charge is 0.427 e. The molecule has 0 radical (unpaired) electrons. The molecule has 0 unspecified atom stereocenters. The second-order valence-corrected chi connectivity index (χ2v) is 8.55. The summed E-state index contributed by atoms with van der Waals surface area (Å²) in [4.78, 5) is 34.6. The molecule has 1 aliphatic carbocycles. The molecule has 1 aromatic rings. The van der Waals surface area contributed by atoms with Crippen LogP contribution in [0.3, 0.4) is 0 Å². The van der Waals surface area contributed by atoms with Crippen LogP contribution in [0.2, 0.25) is 0 Å². The summed E-state index contributed by atoms with van der Waals surface area (Å²) >= 11 is 5.96. The summed E-state index contributed by atoms with van der Waals surface area (Å²) in [5, 5.41) is 0. The molecule has 26 heavy (non-hydrogen) atoms. The molecule has 1 aromatic heterocycles. The van der Waals surface area contributed by atoms with Crippen LogP contribution >= 0.6 is 11.6 Å². The molecular formula is C18H26ClN3O4. The third-order valence-corrected chi connectivity index (χ3v) is 3.63. The van der Waals surface area contributed by atoms with Crippen LogP contribution in [0, 0.1) is 0 Å². The number of ether oxygens (including phenoxy) is 2. The van der Waals surface area contributed by atoms with Crippen molar-refractivity contribution in [1.82, 2.24) is 9.97 Å². The van der Waals surface area contributed by atoms with Crippen molar-refractivity contribution >= 4 is 29.7 Å². The molecule has 0 N–H and O–H groups in total. The molecule has 1 fully saturated rings. The van der Waals surface area contributed by atoms with Crippen molar-refractivity contribution in [2.24, 2.45) is 0 Å². The van der Waals surface area contributed by atoms with Crippen LogP contribution < -0.4 is 4.90 Å². The lowest BCUT2D eigenvalue weighted by molar-refractivity contribution is 0.0427. The van der Waals surface area contributed by atoms with E-state index in [1.54, 1.807) is 47.7 Å². The van der Waals surface area contributed by atoms with Crippen molar-refractivity contribution in [3.8, 4) is 0 Å². The number of carbonyl (C=O) groups excluding carboxylic acids is 2. The summed E-state index contributed by atoms with van der Waals surface area (Å²) in [7, 11) is 0. The lowest BCUT2D eigenvalue weighted by Crippen LogP contribution is -2.44. The predicted octanol–water partition coefficient (Wildman–Crippen LogP) is 4.77. The van der Waals surface area contributed by atoms with Crippen molar-refractivity contribution in [2.75, 3.05) is 4.90 Å². The number of anilines is 1. The van der Waals surface area contributed by atoms with Gasteiger partial charge in [0.15, 0.2) is 0 Å². The molecule has 8 heteroatoms. The minimum Gasteiger partial charge on any atom is -0.443 e. The Morgan fingerprint density at radius 3 is 2.00 bits per heavy atom. The van der Waals surface area contributed by atoms with Crippen LogP contribution in [-0.4, -0.2) is 33.4 Å². The Morgan fingerprint density at radius 1 is 1.12 bits per heavy atom. The number of hydrogen-bond donors (Lipinski definition) is 0. The van der Waals surface area contributed by atoms with E-state index < -0.39 is 23.4 Å². The Hall–Kier alpha value is -1.89. The van der Waals surface area contributed by atoms with Crippen LogP contribution in [-0.2, 0) is 15.4 Å². The number of amides is 2. The highest BCUT2D eigenvalue weighted by molar-refractivity contribution is 6.17. The van der Waals surface area contributed by atoms with Crippen molar-refractivity contribution in [3.63, 3.8) is 0 Å². The number of hydrogen-bond acceptors (Lipinski definition) is 6. The van der Waals surface area contributed by atoms with Crippen LogP contribution in [0.25, 0.3) is 0 Å². The van der Waals surface area contributed by atoms with Gasteiger partial charge in [-0.1, -0.05) is 0 Å². The topological polar surface area (TPSA) is 81.6 Å². The van der Waals surface area contributed by atoms with Crippen LogP contribution in [0.5, 0.6) is 0 Å². The molecule has 1 saturated carbocycles. The molecule has 0 aliphatic heterocycles. The number of imide groups is 1. The zero-order valence-electron chi connectivity index (χ0n) is 16.1. The van der Waals surface area contributed by atoms with Gasteiger partial charge < -0.3 is 9.47 Å². The van der Waals surface area contributed by atoms with Gasteiger partial charge in [0.2, 0.25) is 5.95 Å². The maximum absolute atomic E-state index is 12.6. The van der Waals surface area contributed by atoms with E-state index in [0.717, 1.165) is 29.0 Å². The maximum atomic E-state index is 12.6. The third kappa shape index (κ3) is 5.56. The summed E-state index contributed by atoms with van der Waals surface area (Å²) in [6.45, 7) is 10.3. The van der Waals surface area contributed by atoms with Crippen LogP contribution in [0.1, 0.15) is 71.6 Å². The fourth-order valence-electron chi connectivity index (χ4n) is 2.18. The van der Waals surface area contributed by atoms with Gasteiger partial charge in [0.1, 0.15) is 11.2 Å². The zero-order chi connectivity index (χ0) is 19.7. The molecule has 0 aromatic carbocycles. The zero-order valence-corrected chi connectivity index (χ0v) is 16.9. The van der Waals surface area contributed by atoms with Crippen LogP contribution in [0.15, 0.2) is 6.20 Å². The van der Waals surface area contributed by atoms with E-state index in [2.05, 4.69) is 9.97 Å². The van der Waals surface area contributed by atoms with Gasteiger partial charge in [0.05, 0.1) is 11.6 Å². The third-order valence-electron chi connectivity index (χ3n) is 3.35. The molecule has 2 rings (SSSR count). The quantitative estimate of drug-likeness (QED) is 0.699. The molecule has 144 valence electrons. The Labute approximate surface area is 159 Å². The molecule has 1 heterocycles. The summed E-state index contributed by atoms with van der Waals surface area (Å²) in [6.07, 6.45) is 1.78. The summed E-state index contributed by atoms with van der Waals surface area (Å²) < 4.78 is 10.7. The second kappa shape index (κ2) is 7.39. The van der Waals surface area contributed by atoms with Gasteiger partial charge in [-0.25, -0.2) is 19.6 Å². The first kappa shape index (κ1) is 20.4. The van der Waals surface area contributed by atoms with Gasteiger partial charge in [-0.05, 0) is 54.4 Å². The Bertz CT molecular complexity index is 663. The average molecular weight is 384 g/mol. The fraction of sp³-hybridized carbons (Fsp3) is 0.667. The van der Waals surface area contributed by atoms with Gasteiger partial charge in [-0.15, -0.1) is 16.5 Å². The molecule has 7 nitrogen and oxygen atoms in total. The largest absolute Gasteiger partial charge is 0.443 e. The lowest BCUT2D eigenvalue weighted by Gasteiger charge is -2.27. The highest BCUT2D eigenvalue weighted by Gasteiger charge is 2.36. The first-order chi connectivity index (χ1) is 11.9. The Morgan fingerprint density at radius 2 is 1.62 bits per heavy atom. The van der Waals surface area contributed by atoms with E-state index in [0.29, 0.717) is 0 Å². The SMILES string of the molecule is CC(C)(C)OC(=O)N(C(=O)OC(C)(C)C)c1ncc(CCl)c(C2CC2)n1. The van der Waals surface area contributed by atoms with Gasteiger partial charge in [0, 0.05) is 17.7 Å². The number of nitrogens with zero attached hydrogens (tertiary/aromatic N) is 3. The van der Waals surface area contributed by atoms with Gasteiger partial charge >= 0.3 is 12.2 Å². The van der Waals surface area contributed by atoms with E-state index in [-0.39, 0.29) is 17.7 Å². The summed E-state index contributed by atoms with van der Waals surface area (Å²) in [6, 6.07) is 0. The Balaban J connectivity index is 2.41. The first-order valence-electron chi connectivity index (χ1n) is 8.59. The molecule has 1 aliphatic rings. The van der Waals surface area contributed by atoms with Crippen molar-refractivity contribution in [1.29, 1.82) is 0 Å².